The van der Waals surface area contributed by atoms with Gasteiger partial charge >= 0.3 is 0 Å². The van der Waals surface area contributed by atoms with E-state index >= 15 is 0 Å². The molecule has 0 amide bonds. The topological polar surface area (TPSA) is 15.8 Å². The molecule has 96 valence electrons. The van der Waals surface area contributed by atoms with Crippen molar-refractivity contribution < 1.29 is 0 Å². The molecule has 1 heterocycles. The molecule has 2 aromatic rings. The Kier molecular flexibility index (Phi) is 3.12. The lowest BCUT2D eigenvalue weighted by Gasteiger charge is -2.09. The summed E-state index contributed by atoms with van der Waals surface area (Å²) in [5.41, 5.74) is 6.55. The summed E-state index contributed by atoms with van der Waals surface area (Å²) in [6.07, 6.45) is 13.2. The summed E-state index contributed by atoms with van der Waals surface area (Å²) >= 11 is 0. The average molecular weight is 249 g/mol. The van der Waals surface area contributed by atoms with Gasteiger partial charge in [0.25, 0.3) is 0 Å². The van der Waals surface area contributed by atoms with E-state index in [2.05, 4.69) is 67.4 Å². The van der Waals surface area contributed by atoms with Crippen molar-refractivity contribution in [2.45, 2.75) is 26.7 Å². The fraction of sp³-hybridized carbons (Fsp3) is 0.222. The van der Waals surface area contributed by atoms with Crippen molar-refractivity contribution in [2.24, 2.45) is 0 Å². The lowest BCUT2D eigenvalue weighted by atomic mass is 9.96. The lowest BCUT2D eigenvalue weighted by molar-refractivity contribution is 1.05. The van der Waals surface area contributed by atoms with Crippen LogP contribution in [-0.2, 0) is 0 Å². The third-order valence-electron chi connectivity index (χ3n) is 3.75. The summed E-state index contributed by atoms with van der Waals surface area (Å²) in [4.78, 5) is 3.49. The second-order valence-corrected chi connectivity index (χ2v) is 5.08. The van der Waals surface area contributed by atoms with Gasteiger partial charge < -0.3 is 4.98 Å². The van der Waals surface area contributed by atoms with Crippen molar-refractivity contribution in [3.63, 3.8) is 0 Å². The standard InChI is InChI=1S/C18H19N/c1-3-7-16-13(2)19-18-12-15(10-11-17(16)18)14-8-5-4-6-9-14/h3-5,7-8,10-12,19H,6,9H2,1-2H3. The zero-order valence-corrected chi connectivity index (χ0v) is 11.5. The maximum absolute atomic E-state index is 3.49. The van der Waals surface area contributed by atoms with E-state index in [-0.39, 0.29) is 0 Å². The molecule has 0 spiro atoms. The highest BCUT2D eigenvalue weighted by Crippen LogP contribution is 2.29. The summed E-state index contributed by atoms with van der Waals surface area (Å²) in [5.74, 6) is 0. The first-order valence-electron chi connectivity index (χ1n) is 6.90. The van der Waals surface area contributed by atoms with E-state index < -0.39 is 0 Å². The number of hydrogen-bond donors (Lipinski definition) is 1. The smallest absolute Gasteiger partial charge is 0.0468 e. The van der Waals surface area contributed by atoms with Gasteiger partial charge in [-0.1, -0.05) is 42.5 Å². The van der Waals surface area contributed by atoms with Crippen molar-refractivity contribution >= 4 is 22.6 Å². The van der Waals surface area contributed by atoms with Crippen LogP contribution in [0, 0.1) is 6.92 Å². The number of aromatic nitrogens is 1. The van der Waals surface area contributed by atoms with E-state index in [1.54, 1.807) is 0 Å². The molecule has 1 aromatic carbocycles. The zero-order valence-electron chi connectivity index (χ0n) is 11.5. The lowest BCUT2D eigenvalue weighted by Crippen LogP contribution is -1.87. The minimum atomic E-state index is 1.14. The number of benzene rings is 1. The van der Waals surface area contributed by atoms with E-state index in [1.807, 2.05) is 0 Å². The molecule has 1 aromatic heterocycles. The van der Waals surface area contributed by atoms with Crippen LogP contribution in [-0.4, -0.2) is 4.98 Å². The molecule has 0 saturated heterocycles. The number of hydrogen-bond acceptors (Lipinski definition) is 0. The number of rotatable bonds is 2. The second-order valence-electron chi connectivity index (χ2n) is 5.08. The quantitative estimate of drug-likeness (QED) is 0.748. The van der Waals surface area contributed by atoms with Crippen molar-refractivity contribution in [2.75, 3.05) is 0 Å². The minimum Gasteiger partial charge on any atom is -0.358 e. The van der Waals surface area contributed by atoms with Gasteiger partial charge in [0, 0.05) is 22.2 Å². The number of allylic oxidation sites excluding steroid dienone is 5. The molecular formula is C18H19N. The Morgan fingerprint density at radius 1 is 1.26 bits per heavy atom. The monoisotopic (exact) mass is 249 g/mol. The molecule has 0 bridgehead atoms. The van der Waals surface area contributed by atoms with Gasteiger partial charge in [-0.2, -0.15) is 0 Å². The van der Waals surface area contributed by atoms with Crippen LogP contribution in [0.1, 0.15) is 36.6 Å². The number of fused-ring (bicyclic) bond motifs is 1. The minimum absolute atomic E-state index is 1.14. The molecule has 0 fully saturated rings. The Morgan fingerprint density at radius 2 is 2.16 bits per heavy atom. The number of nitrogens with one attached hydrogen (secondary N) is 1. The van der Waals surface area contributed by atoms with Crippen LogP contribution in [0.25, 0.3) is 22.6 Å². The summed E-state index contributed by atoms with van der Waals surface area (Å²) in [5, 5.41) is 1.31. The largest absolute Gasteiger partial charge is 0.358 e. The van der Waals surface area contributed by atoms with E-state index in [0.717, 1.165) is 12.8 Å². The van der Waals surface area contributed by atoms with Crippen molar-refractivity contribution in [1.82, 2.24) is 4.98 Å². The highest BCUT2D eigenvalue weighted by Gasteiger charge is 2.08. The number of H-pyrrole nitrogens is 1. The van der Waals surface area contributed by atoms with E-state index in [1.165, 1.54) is 33.3 Å². The Morgan fingerprint density at radius 3 is 2.89 bits per heavy atom. The molecule has 0 atom stereocenters. The molecule has 1 aliphatic rings. The van der Waals surface area contributed by atoms with Crippen molar-refractivity contribution in [3.8, 4) is 0 Å². The molecule has 3 rings (SSSR count). The molecule has 1 nitrogen and oxygen atoms in total. The molecule has 0 unspecified atom stereocenters. The van der Waals surface area contributed by atoms with Crippen LogP contribution >= 0.6 is 0 Å². The van der Waals surface area contributed by atoms with Crippen LogP contribution in [0.4, 0.5) is 0 Å². The van der Waals surface area contributed by atoms with Gasteiger partial charge in [-0.3, -0.25) is 0 Å². The molecule has 1 aliphatic carbocycles. The highest BCUT2D eigenvalue weighted by atomic mass is 14.7. The predicted molar refractivity (Wildman–Crippen MR) is 84.1 cm³/mol. The molecule has 0 aliphatic heterocycles. The number of aryl methyl sites for hydroxylation is 1. The molecular weight excluding hydrogens is 230 g/mol. The molecule has 0 radical (unpaired) electrons. The van der Waals surface area contributed by atoms with Crippen LogP contribution in [0.15, 0.2) is 42.5 Å². The third-order valence-corrected chi connectivity index (χ3v) is 3.75. The van der Waals surface area contributed by atoms with Gasteiger partial charge in [0.2, 0.25) is 0 Å². The van der Waals surface area contributed by atoms with Gasteiger partial charge in [-0.05, 0) is 43.9 Å². The first-order chi connectivity index (χ1) is 9.29. The summed E-state index contributed by atoms with van der Waals surface area (Å²) < 4.78 is 0. The van der Waals surface area contributed by atoms with E-state index in [9.17, 15) is 0 Å². The maximum atomic E-state index is 3.49. The molecule has 1 heteroatoms. The normalized spacial score (nSPS) is 15.4. The fourth-order valence-electron chi connectivity index (χ4n) is 2.78. The van der Waals surface area contributed by atoms with Gasteiger partial charge in [0.15, 0.2) is 0 Å². The summed E-state index contributed by atoms with van der Waals surface area (Å²) in [7, 11) is 0. The van der Waals surface area contributed by atoms with Crippen molar-refractivity contribution in [1.29, 1.82) is 0 Å². The first-order valence-corrected chi connectivity index (χ1v) is 6.90. The predicted octanol–water partition coefficient (Wildman–Crippen LogP) is 5.24. The fourth-order valence-corrected chi connectivity index (χ4v) is 2.78. The van der Waals surface area contributed by atoms with Crippen LogP contribution in [0.2, 0.25) is 0 Å². The Bertz CT molecular complexity index is 696. The SMILES string of the molecule is CC=Cc1c(C)[nH]c2cc(C3=CC=CCC3)ccc12. The van der Waals surface area contributed by atoms with Gasteiger partial charge in [-0.25, -0.2) is 0 Å². The molecule has 1 N–H and O–H groups in total. The zero-order chi connectivity index (χ0) is 13.2. The van der Waals surface area contributed by atoms with Crippen molar-refractivity contribution in [3.05, 3.63) is 59.3 Å². The maximum Gasteiger partial charge on any atom is 0.0468 e. The summed E-state index contributed by atoms with van der Waals surface area (Å²) in [6.45, 7) is 4.20. The Balaban J connectivity index is 2.12. The average Bonchev–Trinajstić information content (AvgIpc) is 2.76. The highest BCUT2D eigenvalue weighted by molar-refractivity contribution is 5.92. The summed E-state index contributed by atoms with van der Waals surface area (Å²) in [6, 6.07) is 6.76. The third kappa shape index (κ3) is 2.17. The van der Waals surface area contributed by atoms with Gasteiger partial charge in [-0.15, -0.1) is 0 Å². The molecule has 0 saturated carbocycles. The Hall–Kier alpha value is -2.02. The van der Waals surface area contributed by atoms with Crippen LogP contribution in [0.5, 0.6) is 0 Å². The van der Waals surface area contributed by atoms with Gasteiger partial charge in [0.05, 0.1) is 0 Å². The van der Waals surface area contributed by atoms with Gasteiger partial charge in [0.1, 0.15) is 0 Å². The van der Waals surface area contributed by atoms with Crippen LogP contribution in [0.3, 0.4) is 0 Å². The second kappa shape index (κ2) is 4.93. The van der Waals surface area contributed by atoms with Crippen LogP contribution < -0.4 is 0 Å². The number of aromatic amines is 1. The Labute approximate surface area is 114 Å². The van der Waals surface area contributed by atoms with E-state index in [0.29, 0.717) is 0 Å². The molecule has 19 heavy (non-hydrogen) atoms. The van der Waals surface area contributed by atoms with E-state index in [4.69, 9.17) is 0 Å². The first kappa shape index (κ1) is 12.0.